The topological polar surface area (TPSA) is 67.8 Å². The van der Waals surface area contributed by atoms with E-state index in [4.69, 9.17) is 14.6 Å². The Labute approximate surface area is 139 Å². The molecule has 0 amide bonds. The maximum absolute atomic E-state index is 10.9. The van der Waals surface area contributed by atoms with Crippen LogP contribution < -0.4 is 5.32 Å². The van der Waals surface area contributed by atoms with Gasteiger partial charge in [0.05, 0.1) is 26.2 Å². The van der Waals surface area contributed by atoms with Gasteiger partial charge >= 0.3 is 5.97 Å². The van der Waals surface area contributed by atoms with Crippen LogP contribution in [0, 0.1) is 5.92 Å². The van der Waals surface area contributed by atoms with Crippen LogP contribution in [0.2, 0.25) is 0 Å². The lowest BCUT2D eigenvalue weighted by Gasteiger charge is -2.19. The Hall–Kier alpha value is -1.43. The molecule has 0 saturated heterocycles. The largest absolute Gasteiger partial charge is 0.481 e. The normalized spacial score (nSPS) is 12.5. The second kappa shape index (κ2) is 11.2. The van der Waals surface area contributed by atoms with Gasteiger partial charge in [0, 0.05) is 19.7 Å². The Morgan fingerprint density at radius 1 is 1.17 bits per heavy atom. The highest BCUT2D eigenvalue weighted by atomic mass is 16.5. The highest BCUT2D eigenvalue weighted by Gasteiger charge is 2.14. The first-order valence-corrected chi connectivity index (χ1v) is 8.11. The standard InChI is InChI=1S/C18H29NO4/c1-14(2)10-17(11-18(20)21)19-12-15-4-6-16(7-5-15)13-23-9-8-22-3/h4-7,14,17,19H,8-13H2,1-3H3,(H,20,21)/t17-/m0/s1. The van der Waals surface area contributed by atoms with Crippen molar-refractivity contribution in [1.29, 1.82) is 0 Å². The molecule has 23 heavy (non-hydrogen) atoms. The van der Waals surface area contributed by atoms with E-state index in [9.17, 15) is 4.79 Å². The van der Waals surface area contributed by atoms with E-state index >= 15 is 0 Å². The molecule has 5 heteroatoms. The highest BCUT2D eigenvalue weighted by Crippen LogP contribution is 2.10. The smallest absolute Gasteiger partial charge is 0.304 e. The van der Waals surface area contributed by atoms with Gasteiger partial charge in [-0.3, -0.25) is 4.79 Å². The van der Waals surface area contributed by atoms with Gasteiger partial charge in [0.2, 0.25) is 0 Å². The molecule has 0 aliphatic heterocycles. The van der Waals surface area contributed by atoms with Crippen LogP contribution in [-0.4, -0.2) is 37.4 Å². The molecule has 1 rings (SSSR count). The van der Waals surface area contributed by atoms with Crippen molar-refractivity contribution in [2.45, 2.75) is 45.9 Å². The summed E-state index contributed by atoms with van der Waals surface area (Å²) >= 11 is 0. The number of ether oxygens (including phenoxy) is 2. The third-order valence-electron chi connectivity index (χ3n) is 3.50. The molecular formula is C18H29NO4. The molecule has 2 N–H and O–H groups in total. The summed E-state index contributed by atoms with van der Waals surface area (Å²) in [5, 5.41) is 12.3. The van der Waals surface area contributed by atoms with Gasteiger partial charge in [-0.1, -0.05) is 38.1 Å². The highest BCUT2D eigenvalue weighted by molar-refractivity contribution is 5.67. The lowest BCUT2D eigenvalue weighted by Crippen LogP contribution is -2.32. The molecule has 1 atom stereocenters. The maximum Gasteiger partial charge on any atom is 0.304 e. The number of methoxy groups -OCH3 is 1. The second-order valence-corrected chi connectivity index (χ2v) is 6.17. The average Bonchev–Trinajstić information content (AvgIpc) is 2.49. The summed E-state index contributed by atoms with van der Waals surface area (Å²) in [5.74, 6) is -0.287. The third kappa shape index (κ3) is 9.33. The maximum atomic E-state index is 10.9. The van der Waals surface area contributed by atoms with Crippen LogP contribution in [0.25, 0.3) is 0 Å². The van der Waals surface area contributed by atoms with E-state index in [1.807, 2.05) is 12.1 Å². The summed E-state index contributed by atoms with van der Waals surface area (Å²) in [7, 11) is 1.65. The number of carboxylic acids is 1. The van der Waals surface area contributed by atoms with Crippen LogP contribution in [0.5, 0.6) is 0 Å². The molecule has 0 aliphatic rings. The van der Waals surface area contributed by atoms with Crippen molar-refractivity contribution >= 4 is 5.97 Å². The van der Waals surface area contributed by atoms with Gasteiger partial charge in [-0.15, -0.1) is 0 Å². The predicted molar refractivity (Wildman–Crippen MR) is 90.3 cm³/mol. The molecular weight excluding hydrogens is 294 g/mol. The summed E-state index contributed by atoms with van der Waals surface area (Å²) in [6.45, 7) is 6.65. The summed E-state index contributed by atoms with van der Waals surface area (Å²) in [5.41, 5.74) is 2.26. The zero-order valence-corrected chi connectivity index (χ0v) is 14.4. The van der Waals surface area contributed by atoms with Gasteiger partial charge in [0.1, 0.15) is 0 Å². The van der Waals surface area contributed by atoms with Crippen molar-refractivity contribution in [3.05, 3.63) is 35.4 Å². The first-order valence-electron chi connectivity index (χ1n) is 8.11. The number of hydrogen-bond donors (Lipinski definition) is 2. The van der Waals surface area contributed by atoms with Gasteiger partial charge in [-0.2, -0.15) is 0 Å². The number of carbonyl (C=O) groups is 1. The van der Waals surface area contributed by atoms with Gasteiger partial charge in [0.15, 0.2) is 0 Å². The molecule has 0 unspecified atom stereocenters. The monoisotopic (exact) mass is 323 g/mol. The van der Waals surface area contributed by atoms with Gasteiger partial charge < -0.3 is 19.9 Å². The van der Waals surface area contributed by atoms with E-state index in [2.05, 4.69) is 31.3 Å². The summed E-state index contributed by atoms with van der Waals surface area (Å²) in [6.07, 6.45) is 1.02. The van der Waals surface area contributed by atoms with E-state index in [-0.39, 0.29) is 12.5 Å². The van der Waals surface area contributed by atoms with E-state index < -0.39 is 5.97 Å². The van der Waals surface area contributed by atoms with Gasteiger partial charge in [-0.25, -0.2) is 0 Å². The lowest BCUT2D eigenvalue weighted by atomic mass is 10.0. The Kier molecular flexibility index (Phi) is 9.52. The second-order valence-electron chi connectivity index (χ2n) is 6.17. The van der Waals surface area contributed by atoms with E-state index in [1.54, 1.807) is 7.11 Å². The number of hydrogen-bond acceptors (Lipinski definition) is 4. The molecule has 0 aromatic heterocycles. The molecule has 0 aliphatic carbocycles. The average molecular weight is 323 g/mol. The van der Waals surface area contributed by atoms with E-state index in [1.165, 1.54) is 0 Å². The van der Waals surface area contributed by atoms with Crippen LogP contribution >= 0.6 is 0 Å². The molecule has 0 fully saturated rings. The van der Waals surface area contributed by atoms with Crippen molar-refractivity contribution in [2.24, 2.45) is 5.92 Å². The molecule has 0 radical (unpaired) electrons. The summed E-state index contributed by atoms with van der Waals surface area (Å²) < 4.78 is 10.4. The van der Waals surface area contributed by atoms with Crippen LogP contribution in [-0.2, 0) is 27.4 Å². The van der Waals surface area contributed by atoms with Crippen molar-refractivity contribution in [1.82, 2.24) is 5.32 Å². The zero-order valence-electron chi connectivity index (χ0n) is 14.4. The van der Waals surface area contributed by atoms with Crippen LogP contribution in [0.1, 0.15) is 37.8 Å². The fourth-order valence-corrected chi connectivity index (χ4v) is 2.37. The molecule has 1 aromatic carbocycles. The van der Waals surface area contributed by atoms with Crippen molar-refractivity contribution < 1.29 is 19.4 Å². The first-order chi connectivity index (χ1) is 11.0. The van der Waals surface area contributed by atoms with Crippen LogP contribution in [0.15, 0.2) is 24.3 Å². The fourth-order valence-electron chi connectivity index (χ4n) is 2.37. The Bertz CT molecular complexity index is 445. The number of carboxylic acid groups (broad SMARTS) is 1. The number of benzene rings is 1. The van der Waals surface area contributed by atoms with Crippen LogP contribution in [0.4, 0.5) is 0 Å². The van der Waals surface area contributed by atoms with Gasteiger partial charge in [-0.05, 0) is 23.5 Å². The quantitative estimate of drug-likeness (QED) is 0.579. The van der Waals surface area contributed by atoms with E-state index in [0.717, 1.165) is 17.5 Å². The van der Waals surface area contributed by atoms with Crippen molar-refractivity contribution in [3.63, 3.8) is 0 Å². The van der Waals surface area contributed by atoms with Crippen molar-refractivity contribution in [2.75, 3.05) is 20.3 Å². The molecule has 1 aromatic rings. The molecule has 0 spiro atoms. The minimum atomic E-state index is -0.758. The Balaban J connectivity index is 2.41. The number of aliphatic carboxylic acids is 1. The Morgan fingerprint density at radius 2 is 1.83 bits per heavy atom. The minimum Gasteiger partial charge on any atom is -0.481 e. The van der Waals surface area contributed by atoms with Crippen LogP contribution in [0.3, 0.4) is 0 Å². The lowest BCUT2D eigenvalue weighted by molar-refractivity contribution is -0.137. The van der Waals surface area contributed by atoms with E-state index in [0.29, 0.717) is 32.3 Å². The third-order valence-corrected chi connectivity index (χ3v) is 3.50. The molecule has 0 bridgehead atoms. The summed E-state index contributed by atoms with van der Waals surface area (Å²) in [4.78, 5) is 10.9. The molecule has 0 saturated carbocycles. The predicted octanol–water partition coefficient (Wildman–Crippen LogP) is 2.83. The zero-order chi connectivity index (χ0) is 17.1. The molecule has 130 valence electrons. The SMILES string of the molecule is COCCOCc1ccc(CN[C@H](CC(=O)O)CC(C)C)cc1. The minimum absolute atomic E-state index is 0.00422. The van der Waals surface area contributed by atoms with Gasteiger partial charge in [0.25, 0.3) is 0 Å². The van der Waals surface area contributed by atoms with Crippen molar-refractivity contribution in [3.8, 4) is 0 Å². The molecule has 5 nitrogen and oxygen atoms in total. The summed E-state index contributed by atoms with van der Waals surface area (Å²) in [6, 6.07) is 8.19. The number of rotatable bonds is 12. The Morgan fingerprint density at radius 3 is 2.39 bits per heavy atom. The first kappa shape index (κ1) is 19.6. The number of nitrogens with one attached hydrogen (secondary N) is 1. The molecule has 0 heterocycles. The fraction of sp³-hybridized carbons (Fsp3) is 0.611.